The average molecular weight is 187 g/mol. The van der Waals surface area contributed by atoms with Crippen LogP contribution in [0.15, 0.2) is 0 Å². The Morgan fingerprint density at radius 2 is 1.38 bits per heavy atom. The van der Waals surface area contributed by atoms with Crippen LogP contribution in [-0.2, 0) is 9.59 Å². The SMILES string of the molecule is O=C(O)[C@@H]1CCNCC[C@H]1C(=O)O. The maximum atomic E-state index is 10.7. The Morgan fingerprint density at radius 3 is 1.69 bits per heavy atom. The molecule has 0 aromatic carbocycles. The zero-order valence-electron chi connectivity index (χ0n) is 7.19. The van der Waals surface area contributed by atoms with Crippen LogP contribution < -0.4 is 5.32 Å². The van der Waals surface area contributed by atoms with Gasteiger partial charge in [-0.2, -0.15) is 0 Å². The predicted octanol–water partition coefficient (Wildman–Crippen LogP) is -0.229. The van der Waals surface area contributed by atoms with Gasteiger partial charge in [-0.3, -0.25) is 9.59 Å². The molecule has 1 rings (SSSR count). The van der Waals surface area contributed by atoms with Crippen LogP contribution in [0.3, 0.4) is 0 Å². The van der Waals surface area contributed by atoms with Crippen molar-refractivity contribution in [2.45, 2.75) is 12.8 Å². The number of carboxylic acid groups (broad SMARTS) is 2. The summed E-state index contributed by atoms with van der Waals surface area (Å²) < 4.78 is 0. The third kappa shape index (κ3) is 2.42. The van der Waals surface area contributed by atoms with Gasteiger partial charge in [0, 0.05) is 0 Å². The molecule has 1 aliphatic rings. The highest BCUT2D eigenvalue weighted by Crippen LogP contribution is 2.21. The van der Waals surface area contributed by atoms with E-state index < -0.39 is 23.8 Å². The van der Waals surface area contributed by atoms with E-state index >= 15 is 0 Å². The molecule has 0 aliphatic carbocycles. The van der Waals surface area contributed by atoms with Gasteiger partial charge in [0.2, 0.25) is 0 Å². The molecule has 0 spiro atoms. The van der Waals surface area contributed by atoms with E-state index in [2.05, 4.69) is 5.32 Å². The second kappa shape index (κ2) is 4.23. The molecule has 0 saturated carbocycles. The second-order valence-corrected chi connectivity index (χ2v) is 3.22. The summed E-state index contributed by atoms with van der Waals surface area (Å²) in [5.74, 6) is -3.49. The molecule has 3 N–H and O–H groups in total. The number of carbonyl (C=O) groups is 2. The lowest BCUT2D eigenvalue weighted by molar-refractivity contribution is -0.153. The lowest BCUT2D eigenvalue weighted by Crippen LogP contribution is -2.29. The fraction of sp³-hybridized carbons (Fsp3) is 0.750. The molecular formula is C8H13NO4. The minimum atomic E-state index is -1.00. The van der Waals surface area contributed by atoms with E-state index in [1.54, 1.807) is 0 Å². The molecule has 74 valence electrons. The van der Waals surface area contributed by atoms with Crippen LogP contribution in [-0.4, -0.2) is 35.2 Å². The maximum absolute atomic E-state index is 10.7. The van der Waals surface area contributed by atoms with Crippen LogP contribution in [0.5, 0.6) is 0 Å². The summed E-state index contributed by atoms with van der Waals surface area (Å²) in [5.41, 5.74) is 0. The first-order chi connectivity index (χ1) is 6.13. The Balaban J connectivity index is 2.72. The van der Waals surface area contributed by atoms with E-state index in [-0.39, 0.29) is 0 Å². The fourth-order valence-corrected chi connectivity index (χ4v) is 1.63. The Bertz CT molecular complexity index is 194. The van der Waals surface area contributed by atoms with Crippen molar-refractivity contribution in [2.24, 2.45) is 11.8 Å². The van der Waals surface area contributed by atoms with Crippen LogP contribution in [0, 0.1) is 11.8 Å². The normalized spacial score (nSPS) is 29.2. The van der Waals surface area contributed by atoms with Gasteiger partial charge in [0.25, 0.3) is 0 Å². The summed E-state index contributed by atoms with van der Waals surface area (Å²) in [6.07, 6.45) is 0.790. The van der Waals surface area contributed by atoms with Crippen molar-refractivity contribution < 1.29 is 19.8 Å². The summed E-state index contributed by atoms with van der Waals surface area (Å²) in [5, 5.41) is 20.6. The molecule has 1 aliphatic heterocycles. The molecule has 0 unspecified atom stereocenters. The molecule has 0 amide bonds. The zero-order valence-corrected chi connectivity index (χ0v) is 7.19. The summed E-state index contributed by atoms with van der Waals surface area (Å²) in [6.45, 7) is 1.17. The smallest absolute Gasteiger partial charge is 0.307 e. The molecule has 0 bridgehead atoms. The Morgan fingerprint density at radius 1 is 1.00 bits per heavy atom. The number of nitrogens with one attached hydrogen (secondary N) is 1. The summed E-state index contributed by atoms with van der Waals surface area (Å²) >= 11 is 0. The number of carboxylic acids is 2. The number of rotatable bonds is 2. The van der Waals surface area contributed by atoms with E-state index in [1.165, 1.54) is 0 Å². The Labute approximate surface area is 75.7 Å². The van der Waals surface area contributed by atoms with E-state index in [9.17, 15) is 9.59 Å². The quantitative estimate of drug-likeness (QED) is 0.556. The second-order valence-electron chi connectivity index (χ2n) is 3.22. The van der Waals surface area contributed by atoms with Gasteiger partial charge in [-0.25, -0.2) is 0 Å². The zero-order chi connectivity index (χ0) is 9.84. The van der Waals surface area contributed by atoms with Crippen LogP contribution in [0.1, 0.15) is 12.8 Å². The fourth-order valence-electron chi connectivity index (χ4n) is 1.63. The van der Waals surface area contributed by atoms with Gasteiger partial charge >= 0.3 is 11.9 Å². The molecule has 0 aromatic heterocycles. The van der Waals surface area contributed by atoms with Crippen LogP contribution in [0.4, 0.5) is 0 Å². The third-order valence-electron chi connectivity index (χ3n) is 2.38. The van der Waals surface area contributed by atoms with Crippen molar-refractivity contribution in [3.63, 3.8) is 0 Å². The van der Waals surface area contributed by atoms with Gasteiger partial charge < -0.3 is 15.5 Å². The Kier molecular flexibility index (Phi) is 3.25. The van der Waals surface area contributed by atoms with E-state index in [0.717, 1.165) is 0 Å². The van der Waals surface area contributed by atoms with Crippen molar-refractivity contribution in [3.05, 3.63) is 0 Å². The number of hydrogen-bond donors (Lipinski definition) is 3. The highest BCUT2D eigenvalue weighted by atomic mass is 16.4. The molecule has 0 radical (unpaired) electrons. The Hall–Kier alpha value is -1.10. The summed E-state index contributed by atoms with van der Waals surface area (Å²) in [6, 6.07) is 0. The number of aliphatic carboxylic acids is 2. The highest BCUT2D eigenvalue weighted by Gasteiger charge is 2.34. The predicted molar refractivity (Wildman–Crippen MR) is 44.4 cm³/mol. The first-order valence-electron chi connectivity index (χ1n) is 4.29. The first kappa shape index (κ1) is 9.98. The third-order valence-corrected chi connectivity index (χ3v) is 2.38. The lowest BCUT2D eigenvalue weighted by atomic mass is 9.88. The minimum Gasteiger partial charge on any atom is -0.481 e. The topological polar surface area (TPSA) is 86.6 Å². The van der Waals surface area contributed by atoms with Gasteiger partial charge in [-0.1, -0.05) is 0 Å². The lowest BCUT2D eigenvalue weighted by Gasteiger charge is -2.15. The molecule has 1 heterocycles. The molecule has 13 heavy (non-hydrogen) atoms. The maximum Gasteiger partial charge on any atom is 0.307 e. The molecule has 1 fully saturated rings. The average Bonchev–Trinajstić information content (AvgIpc) is 2.27. The largest absolute Gasteiger partial charge is 0.481 e. The summed E-state index contributed by atoms with van der Waals surface area (Å²) in [7, 11) is 0. The van der Waals surface area contributed by atoms with E-state index in [4.69, 9.17) is 10.2 Å². The molecule has 5 nitrogen and oxygen atoms in total. The molecule has 2 atom stereocenters. The van der Waals surface area contributed by atoms with Gasteiger partial charge in [-0.15, -0.1) is 0 Å². The van der Waals surface area contributed by atoms with Crippen LogP contribution in [0.2, 0.25) is 0 Å². The first-order valence-corrected chi connectivity index (χ1v) is 4.29. The van der Waals surface area contributed by atoms with Gasteiger partial charge in [0.05, 0.1) is 11.8 Å². The molecule has 5 heteroatoms. The molecular weight excluding hydrogens is 174 g/mol. The standard InChI is InChI=1S/C8H13NO4/c10-7(11)5-1-3-9-4-2-6(5)8(12)13/h5-6,9H,1-4H2,(H,10,11)(H,12,13)/t5-,6-/m1/s1. The summed E-state index contributed by atoms with van der Waals surface area (Å²) in [4.78, 5) is 21.5. The highest BCUT2D eigenvalue weighted by molar-refractivity contribution is 5.80. The van der Waals surface area contributed by atoms with Crippen LogP contribution >= 0.6 is 0 Å². The van der Waals surface area contributed by atoms with Crippen molar-refractivity contribution in [1.29, 1.82) is 0 Å². The molecule has 1 saturated heterocycles. The van der Waals surface area contributed by atoms with Gasteiger partial charge in [0.1, 0.15) is 0 Å². The van der Waals surface area contributed by atoms with Gasteiger partial charge in [-0.05, 0) is 25.9 Å². The number of hydrogen-bond acceptors (Lipinski definition) is 3. The van der Waals surface area contributed by atoms with Gasteiger partial charge in [0.15, 0.2) is 0 Å². The van der Waals surface area contributed by atoms with Crippen molar-refractivity contribution in [1.82, 2.24) is 5.32 Å². The monoisotopic (exact) mass is 187 g/mol. The van der Waals surface area contributed by atoms with Crippen molar-refractivity contribution in [2.75, 3.05) is 13.1 Å². The van der Waals surface area contributed by atoms with E-state index in [1.807, 2.05) is 0 Å². The van der Waals surface area contributed by atoms with E-state index in [0.29, 0.717) is 25.9 Å². The van der Waals surface area contributed by atoms with Crippen molar-refractivity contribution in [3.8, 4) is 0 Å². The van der Waals surface area contributed by atoms with Crippen LogP contribution in [0.25, 0.3) is 0 Å². The minimum absolute atomic E-state index is 0.395. The molecule has 0 aromatic rings. The van der Waals surface area contributed by atoms with Crippen molar-refractivity contribution >= 4 is 11.9 Å².